The van der Waals surface area contributed by atoms with Gasteiger partial charge < -0.3 is 14.3 Å². The highest BCUT2D eigenvalue weighted by Gasteiger charge is 2.58. The van der Waals surface area contributed by atoms with Gasteiger partial charge in [-0.25, -0.2) is 0 Å². The molecular weight excluding hydrogens is 296 g/mol. The van der Waals surface area contributed by atoms with Gasteiger partial charge in [0.05, 0.1) is 0 Å². The fourth-order valence-electron chi connectivity index (χ4n) is 2.77. The summed E-state index contributed by atoms with van der Waals surface area (Å²) >= 11 is 0. The Morgan fingerprint density at radius 1 is 0.957 bits per heavy atom. The summed E-state index contributed by atoms with van der Waals surface area (Å²) in [6.45, 7) is 14.2. The maximum Gasteiger partial charge on any atom is 0.324 e. The number of rotatable bonds is 4. The average molecular weight is 324 g/mol. The third-order valence-corrected chi connectivity index (χ3v) is 3.78. The van der Waals surface area contributed by atoms with Crippen LogP contribution in [-0.4, -0.2) is 29.4 Å². The van der Waals surface area contributed by atoms with Crippen molar-refractivity contribution in [2.75, 3.05) is 0 Å². The van der Waals surface area contributed by atoms with Crippen LogP contribution in [-0.2, 0) is 23.9 Å². The number of allylic oxidation sites excluding steroid dienone is 1. The maximum atomic E-state index is 12.8. The standard InChI is InChI=1S/C18H28O5/c1-8-12-9-18(10-13(12)11-19,14(20)22-16(2,3)4)15(21)23-17(5,6)7/h8,11-13H,1,9-10H2,2-7H3/t12-,13+/m1/s1. The topological polar surface area (TPSA) is 69.7 Å². The van der Waals surface area contributed by atoms with Crippen molar-refractivity contribution >= 4 is 18.2 Å². The van der Waals surface area contributed by atoms with Crippen molar-refractivity contribution in [3.05, 3.63) is 12.7 Å². The molecule has 5 heteroatoms. The number of hydrogen-bond acceptors (Lipinski definition) is 5. The Balaban J connectivity index is 3.21. The van der Waals surface area contributed by atoms with E-state index in [1.165, 1.54) is 0 Å². The van der Waals surface area contributed by atoms with Gasteiger partial charge in [0.1, 0.15) is 17.5 Å². The van der Waals surface area contributed by atoms with Gasteiger partial charge in [-0.05, 0) is 60.3 Å². The summed E-state index contributed by atoms with van der Waals surface area (Å²) in [7, 11) is 0. The SMILES string of the molecule is C=C[C@@H]1CC(C(=O)OC(C)(C)C)(C(=O)OC(C)(C)C)C[C@H]1C=O. The number of esters is 2. The van der Waals surface area contributed by atoms with E-state index in [9.17, 15) is 14.4 Å². The quantitative estimate of drug-likeness (QED) is 0.344. The molecule has 1 aliphatic rings. The lowest BCUT2D eigenvalue weighted by atomic mass is 9.84. The smallest absolute Gasteiger partial charge is 0.324 e. The van der Waals surface area contributed by atoms with E-state index >= 15 is 0 Å². The minimum absolute atomic E-state index is 0.0943. The van der Waals surface area contributed by atoms with Crippen LogP contribution in [0.3, 0.4) is 0 Å². The summed E-state index contributed by atoms with van der Waals surface area (Å²) in [5.41, 5.74) is -2.91. The number of hydrogen-bond donors (Lipinski definition) is 0. The van der Waals surface area contributed by atoms with E-state index in [0.717, 1.165) is 6.29 Å². The molecule has 0 aliphatic heterocycles. The number of carbonyl (C=O) groups excluding carboxylic acids is 3. The summed E-state index contributed by atoms with van der Waals surface area (Å²) in [6.07, 6.45) is 2.68. The molecule has 0 unspecified atom stereocenters. The molecule has 23 heavy (non-hydrogen) atoms. The van der Waals surface area contributed by atoms with Crippen LogP contribution >= 0.6 is 0 Å². The monoisotopic (exact) mass is 324 g/mol. The first-order chi connectivity index (χ1) is 10.3. The predicted molar refractivity (Wildman–Crippen MR) is 86.6 cm³/mol. The molecule has 0 saturated heterocycles. The first-order valence-electron chi connectivity index (χ1n) is 7.89. The number of aldehydes is 1. The van der Waals surface area contributed by atoms with E-state index < -0.39 is 34.5 Å². The van der Waals surface area contributed by atoms with Crippen molar-refractivity contribution in [1.82, 2.24) is 0 Å². The molecule has 5 nitrogen and oxygen atoms in total. The minimum Gasteiger partial charge on any atom is -0.459 e. The second kappa shape index (κ2) is 6.46. The molecule has 1 fully saturated rings. The van der Waals surface area contributed by atoms with Crippen LogP contribution in [0.4, 0.5) is 0 Å². The van der Waals surface area contributed by atoms with Gasteiger partial charge >= 0.3 is 11.9 Å². The van der Waals surface area contributed by atoms with E-state index in [4.69, 9.17) is 9.47 Å². The molecule has 130 valence electrons. The average Bonchev–Trinajstić information content (AvgIpc) is 2.74. The van der Waals surface area contributed by atoms with Crippen molar-refractivity contribution in [1.29, 1.82) is 0 Å². The Morgan fingerprint density at radius 2 is 1.35 bits per heavy atom. The van der Waals surface area contributed by atoms with Gasteiger partial charge in [-0.2, -0.15) is 0 Å². The molecule has 0 amide bonds. The van der Waals surface area contributed by atoms with Gasteiger partial charge in [-0.3, -0.25) is 9.59 Å². The van der Waals surface area contributed by atoms with Crippen LogP contribution in [0.25, 0.3) is 0 Å². The Morgan fingerprint density at radius 3 is 1.61 bits per heavy atom. The zero-order chi connectivity index (χ0) is 18.1. The molecule has 1 rings (SSSR count). The lowest BCUT2D eigenvalue weighted by Gasteiger charge is -2.32. The van der Waals surface area contributed by atoms with Crippen LogP contribution in [0.1, 0.15) is 54.4 Å². The van der Waals surface area contributed by atoms with Gasteiger partial charge in [0.25, 0.3) is 0 Å². The fraction of sp³-hybridized carbons (Fsp3) is 0.722. The van der Waals surface area contributed by atoms with Crippen LogP contribution in [0.2, 0.25) is 0 Å². The third-order valence-electron chi connectivity index (χ3n) is 3.78. The van der Waals surface area contributed by atoms with Crippen LogP contribution in [0, 0.1) is 17.3 Å². The highest BCUT2D eigenvalue weighted by atomic mass is 16.6. The molecular formula is C18H28O5. The summed E-state index contributed by atoms with van der Waals surface area (Å²) in [4.78, 5) is 36.8. The van der Waals surface area contributed by atoms with Gasteiger partial charge in [-0.1, -0.05) is 6.08 Å². The van der Waals surface area contributed by atoms with Crippen LogP contribution < -0.4 is 0 Å². The summed E-state index contributed by atoms with van der Waals surface area (Å²) < 4.78 is 10.9. The normalized spacial score (nSPS) is 23.9. The Kier molecular flexibility index (Phi) is 5.45. The predicted octanol–water partition coefficient (Wildman–Crippen LogP) is 3.07. The summed E-state index contributed by atoms with van der Waals surface area (Å²) in [5.74, 6) is -1.94. The summed E-state index contributed by atoms with van der Waals surface area (Å²) in [6, 6.07) is 0. The van der Waals surface area contributed by atoms with Gasteiger partial charge in [0, 0.05) is 5.92 Å². The molecule has 0 N–H and O–H groups in total. The van der Waals surface area contributed by atoms with Crippen LogP contribution in [0.15, 0.2) is 12.7 Å². The second-order valence-electron chi connectivity index (χ2n) is 8.19. The van der Waals surface area contributed by atoms with E-state index in [-0.39, 0.29) is 18.8 Å². The van der Waals surface area contributed by atoms with E-state index in [2.05, 4.69) is 6.58 Å². The zero-order valence-corrected chi connectivity index (χ0v) is 15.0. The van der Waals surface area contributed by atoms with Crippen molar-refractivity contribution < 1.29 is 23.9 Å². The zero-order valence-electron chi connectivity index (χ0n) is 15.0. The third kappa shape index (κ3) is 4.66. The highest BCUT2D eigenvalue weighted by Crippen LogP contribution is 2.48. The maximum absolute atomic E-state index is 12.8. The van der Waals surface area contributed by atoms with E-state index in [1.807, 2.05) is 0 Å². The fourth-order valence-corrected chi connectivity index (χ4v) is 2.77. The van der Waals surface area contributed by atoms with Crippen molar-refractivity contribution in [2.45, 2.75) is 65.6 Å². The van der Waals surface area contributed by atoms with Gasteiger partial charge in [-0.15, -0.1) is 6.58 Å². The molecule has 0 aromatic rings. The van der Waals surface area contributed by atoms with E-state index in [0.29, 0.717) is 0 Å². The Labute approximate surface area is 138 Å². The summed E-state index contributed by atoms with van der Waals surface area (Å²) in [5, 5.41) is 0. The highest BCUT2D eigenvalue weighted by molar-refractivity contribution is 6.01. The van der Waals surface area contributed by atoms with Gasteiger partial charge in [0.15, 0.2) is 5.41 Å². The first kappa shape index (κ1) is 19.4. The largest absolute Gasteiger partial charge is 0.459 e. The molecule has 0 spiro atoms. The lowest BCUT2D eigenvalue weighted by Crippen LogP contribution is -2.45. The number of carbonyl (C=O) groups is 3. The van der Waals surface area contributed by atoms with Crippen molar-refractivity contribution in [3.63, 3.8) is 0 Å². The molecule has 0 radical (unpaired) electrons. The van der Waals surface area contributed by atoms with Gasteiger partial charge in [0.2, 0.25) is 0 Å². The molecule has 0 heterocycles. The first-order valence-corrected chi connectivity index (χ1v) is 7.89. The Hall–Kier alpha value is -1.65. The van der Waals surface area contributed by atoms with E-state index in [1.54, 1.807) is 47.6 Å². The molecule has 0 aromatic heterocycles. The Bertz CT molecular complexity index is 447. The lowest BCUT2D eigenvalue weighted by molar-refractivity contribution is -0.185. The minimum atomic E-state index is -1.45. The van der Waals surface area contributed by atoms with Crippen LogP contribution in [0.5, 0.6) is 0 Å². The second-order valence-corrected chi connectivity index (χ2v) is 8.19. The molecule has 0 bridgehead atoms. The van der Waals surface area contributed by atoms with Crippen molar-refractivity contribution in [2.24, 2.45) is 17.3 Å². The molecule has 1 aliphatic carbocycles. The molecule has 1 saturated carbocycles. The van der Waals surface area contributed by atoms with Crippen molar-refractivity contribution in [3.8, 4) is 0 Å². The number of ether oxygens (including phenoxy) is 2. The molecule has 2 atom stereocenters. The molecule has 0 aromatic carbocycles.